The number of hydrogen-bond donors (Lipinski definition) is 0. The van der Waals surface area contributed by atoms with Crippen LogP contribution in [-0.2, 0) is 27.8 Å². The lowest BCUT2D eigenvalue weighted by molar-refractivity contribution is -0.151. The van der Waals surface area contributed by atoms with Crippen molar-refractivity contribution in [3.63, 3.8) is 0 Å². The van der Waals surface area contributed by atoms with Gasteiger partial charge in [-0.2, -0.15) is 0 Å². The van der Waals surface area contributed by atoms with E-state index >= 15 is 0 Å². The molecule has 4 nitrogen and oxygen atoms in total. The van der Waals surface area contributed by atoms with Crippen LogP contribution in [0.4, 0.5) is 17.6 Å². The Balaban J connectivity index is 1.30. The van der Waals surface area contributed by atoms with E-state index in [-0.39, 0.29) is 12.8 Å². The molecule has 8 heteroatoms. The summed E-state index contributed by atoms with van der Waals surface area (Å²) in [7, 11) is 0. The number of rotatable bonds is 4. The SMILES string of the molecule is CC1CCC(C(=O)Oc2cccc3c2C2(CC3)CCc3cccc(OC(=O)C4CCC(C)C(F)(F)C4)c32)CC1(F)F. The van der Waals surface area contributed by atoms with E-state index in [1.54, 1.807) is 12.1 Å². The van der Waals surface area contributed by atoms with Crippen LogP contribution >= 0.6 is 0 Å². The van der Waals surface area contributed by atoms with Crippen molar-refractivity contribution in [2.75, 3.05) is 0 Å². The van der Waals surface area contributed by atoms with Crippen LogP contribution in [0.3, 0.4) is 0 Å². The van der Waals surface area contributed by atoms with Crippen molar-refractivity contribution in [3.8, 4) is 11.5 Å². The first-order valence-electron chi connectivity index (χ1n) is 14.8. The second kappa shape index (κ2) is 10.1. The molecule has 2 aromatic rings. The zero-order valence-electron chi connectivity index (χ0n) is 23.5. The molecule has 1 spiro atoms. The Labute approximate surface area is 237 Å². The van der Waals surface area contributed by atoms with Crippen molar-refractivity contribution in [1.29, 1.82) is 0 Å². The van der Waals surface area contributed by atoms with Crippen LogP contribution in [0.25, 0.3) is 0 Å². The second-order valence-electron chi connectivity index (χ2n) is 12.8. The highest BCUT2D eigenvalue weighted by Crippen LogP contribution is 2.58. The smallest absolute Gasteiger partial charge is 0.314 e. The summed E-state index contributed by atoms with van der Waals surface area (Å²) in [6.45, 7) is 3.02. The lowest BCUT2D eigenvalue weighted by Crippen LogP contribution is -2.38. The monoisotopic (exact) mass is 572 g/mol. The van der Waals surface area contributed by atoms with Crippen LogP contribution < -0.4 is 9.47 Å². The van der Waals surface area contributed by atoms with Gasteiger partial charge in [0.05, 0.1) is 11.8 Å². The van der Waals surface area contributed by atoms with Crippen LogP contribution in [0.5, 0.6) is 11.5 Å². The lowest BCUT2D eigenvalue weighted by Gasteiger charge is -2.34. The fraction of sp³-hybridized carbons (Fsp3) is 0.576. The summed E-state index contributed by atoms with van der Waals surface area (Å²) < 4.78 is 69.5. The molecule has 0 N–H and O–H groups in total. The van der Waals surface area contributed by atoms with Gasteiger partial charge in [0.25, 0.3) is 11.8 Å². The van der Waals surface area contributed by atoms with Crippen molar-refractivity contribution in [1.82, 2.24) is 0 Å². The molecule has 0 radical (unpaired) electrons. The normalized spacial score (nSPS) is 31.4. The quantitative estimate of drug-likeness (QED) is 0.213. The largest absolute Gasteiger partial charge is 0.426 e. The molecule has 6 rings (SSSR count). The molecule has 0 saturated heterocycles. The summed E-state index contributed by atoms with van der Waals surface area (Å²) in [4.78, 5) is 26.4. The number of halogens is 4. The van der Waals surface area contributed by atoms with E-state index in [1.165, 1.54) is 13.8 Å². The van der Waals surface area contributed by atoms with Gasteiger partial charge in [0, 0.05) is 41.2 Å². The minimum atomic E-state index is -2.91. The van der Waals surface area contributed by atoms with Crippen LogP contribution in [0, 0.1) is 23.7 Å². The molecule has 0 aliphatic heterocycles. The van der Waals surface area contributed by atoms with E-state index in [0.717, 1.165) is 22.3 Å². The van der Waals surface area contributed by atoms with E-state index in [0.29, 0.717) is 50.0 Å². The number of hydrogen-bond acceptors (Lipinski definition) is 4. The number of alkyl halides is 4. The van der Waals surface area contributed by atoms with E-state index in [9.17, 15) is 27.2 Å². The van der Waals surface area contributed by atoms with Gasteiger partial charge in [-0.3, -0.25) is 9.59 Å². The van der Waals surface area contributed by atoms with Crippen molar-refractivity contribution < 1.29 is 36.6 Å². The maximum absolute atomic E-state index is 14.4. The molecule has 4 aliphatic rings. The first kappa shape index (κ1) is 28.2. The predicted molar refractivity (Wildman–Crippen MR) is 144 cm³/mol. The summed E-state index contributed by atoms with van der Waals surface area (Å²) in [5.74, 6) is -9.67. The topological polar surface area (TPSA) is 52.6 Å². The molecular formula is C33H36F4O4. The van der Waals surface area contributed by atoms with Crippen LogP contribution in [0.1, 0.15) is 87.5 Å². The first-order valence-corrected chi connectivity index (χ1v) is 14.8. The van der Waals surface area contributed by atoms with Gasteiger partial charge in [0.2, 0.25) is 0 Å². The van der Waals surface area contributed by atoms with Gasteiger partial charge in [-0.05, 0) is 74.6 Å². The second-order valence-corrected chi connectivity index (χ2v) is 12.8. The maximum atomic E-state index is 14.4. The number of fused-ring (bicyclic) bond motifs is 4. The molecule has 220 valence electrons. The van der Waals surface area contributed by atoms with Gasteiger partial charge in [-0.1, -0.05) is 38.1 Å². The average molecular weight is 573 g/mol. The molecule has 4 unspecified atom stereocenters. The molecule has 4 atom stereocenters. The standard InChI is InChI=1S/C33H36F4O4/c1-19-9-11-23(17-32(19,34)35)29(38)40-25-7-3-5-21-13-15-31(27(21)25)16-14-22-6-4-8-26(28(22)31)41-30(39)24-12-10-20(2)33(36,37)18-24/h3-8,19-20,23-24H,9-18H2,1-2H3. The molecule has 41 heavy (non-hydrogen) atoms. The third kappa shape index (κ3) is 4.85. The van der Waals surface area contributed by atoms with Crippen molar-refractivity contribution in [3.05, 3.63) is 58.7 Å². The Morgan fingerprint density at radius 2 is 1.10 bits per heavy atom. The van der Waals surface area contributed by atoms with Gasteiger partial charge in [-0.15, -0.1) is 0 Å². The van der Waals surface area contributed by atoms with Crippen LogP contribution in [0.2, 0.25) is 0 Å². The van der Waals surface area contributed by atoms with E-state index in [1.807, 2.05) is 24.3 Å². The van der Waals surface area contributed by atoms with E-state index < -0.39 is 65.7 Å². The zero-order chi connectivity index (χ0) is 29.2. The van der Waals surface area contributed by atoms with Gasteiger partial charge in [-0.25, -0.2) is 17.6 Å². The van der Waals surface area contributed by atoms with Crippen molar-refractivity contribution >= 4 is 11.9 Å². The minimum absolute atomic E-state index is 0.261. The van der Waals surface area contributed by atoms with Gasteiger partial charge >= 0.3 is 11.9 Å². The molecule has 0 bridgehead atoms. The number of benzene rings is 2. The molecule has 2 aromatic carbocycles. The predicted octanol–water partition coefficient (Wildman–Crippen LogP) is 7.82. The number of aryl methyl sites for hydroxylation is 2. The van der Waals surface area contributed by atoms with Gasteiger partial charge in [0.1, 0.15) is 11.5 Å². The van der Waals surface area contributed by atoms with Gasteiger partial charge in [0.15, 0.2) is 0 Å². The van der Waals surface area contributed by atoms with Gasteiger partial charge < -0.3 is 9.47 Å². The highest BCUT2D eigenvalue weighted by atomic mass is 19.3. The first-order chi connectivity index (χ1) is 19.4. The van der Waals surface area contributed by atoms with Crippen molar-refractivity contribution in [2.24, 2.45) is 23.7 Å². The van der Waals surface area contributed by atoms with Crippen molar-refractivity contribution in [2.45, 2.75) is 95.3 Å². The Hall–Kier alpha value is -2.90. The summed E-state index contributed by atoms with van der Waals surface area (Å²) in [5, 5.41) is 0. The highest BCUT2D eigenvalue weighted by molar-refractivity contribution is 5.78. The summed E-state index contributed by atoms with van der Waals surface area (Å²) >= 11 is 0. The zero-order valence-corrected chi connectivity index (χ0v) is 23.5. The minimum Gasteiger partial charge on any atom is -0.426 e. The number of carbonyl (C=O) groups excluding carboxylic acids is 2. The molecular weight excluding hydrogens is 536 g/mol. The lowest BCUT2D eigenvalue weighted by atomic mass is 9.75. The third-order valence-electron chi connectivity index (χ3n) is 10.3. The molecule has 2 saturated carbocycles. The Bertz CT molecular complexity index is 1270. The Morgan fingerprint density at radius 3 is 1.49 bits per heavy atom. The number of ether oxygens (including phenoxy) is 2. The Morgan fingerprint density at radius 1 is 0.683 bits per heavy atom. The molecule has 2 fully saturated rings. The molecule has 0 heterocycles. The fourth-order valence-electron chi connectivity index (χ4n) is 7.65. The molecule has 0 amide bonds. The summed E-state index contributed by atoms with van der Waals surface area (Å²) in [6.07, 6.45) is 3.05. The number of esters is 2. The third-order valence-corrected chi connectivity index (χ3v) is 10.3. The Kier molecular flexibility index (Phi) is 6.97. The average Bonchev–Trinajstić information content (AvgIpc) is 3.49. The maximum Gasteiger partial charge on any atom is 0.314 e. The van der Waals surface area contributed by atoms with E-state index in [4.69, 9.17) is 9.47 Å². The summed E-state index contributed by atoms with van der Waals surface area (Å²) in [6, 6.07) is 11.0. The van der Waals surface area contributed by atoms with Crippen LogP contribution in [0.15, 0.2) is 36.4 Å². The summed E-state index contributed by atoms with van der Waals surface area (Å²) in [5.41, 5.74) is 3.10. The number of carbonyl (C=O) groups is 2. The molecule has 4 aliphatic carbocycles. The molecule has 0 aromatic heterocycles. The fourth-order valence-corrected chi connectivity index (χ4v) is 7.65. The van der Waals surface area contributed by atoms with Crippen LogP contribution in [-0.4, -0.2) is 23.8 Å². The van der Waals surface area contributed by atoms with E-state index in [2.05, 4.69) is 0 Å². The highest BCUT2D eigenvalue weighted by Gasteiger charge is 2.51.